The smallest absolute Gasteiger partial charge is 0.122 e. The quantitative estimate of drug-likeness (QED) is 0.832. The van der Waals surface area contributed by atoms with Gasteiger partial charge in [0.25, 0.3) is 0 Å². The van der Waals surface area contributed by atoms with E-state index < -0.39 is 0 Å². The van der Waals surface area contributed by atoms with Gasteiger partial charge in [0.15, 0.2) is 0 Å². The Morgan fingerprint density at radius 3 is 2.72 bits per heavy atom. The van der Waals surface area contributed by atoms with Crippen molar-refractivity contribution < 1.29 is 4.74 Å². The molecule has 1 N–H and O–H groups in total. The summed E-state index contributed by atoms with van der Waals surface area (Å²) in [6.45, 7) is 6.72. The summed E-state index contributed by atoms with van der Waals surface area (Å²) >= 11 is 0. The average Bonchev–Trinajstić information content (AvgIpc) is 2.33. The lowest BCUT2D eigenvalue weighted by atomic mass is 10.0. The second-order valence-corrected chi connectivity index (χ2v) is 5.22. The topological polar surface area (TPSA) is 24.5 Å². The first-order valence-electron chi connectivity index (χ1n) is 6.78. The molecule has 1 aliphatic heterocycles. The molecule has 1 aliphatic rings. The zero-order chi connectivity index (χ0) is 13.0. The Balaban J connectivity index is 1.95. The molecular weight excluding hydrogens is 224 g/mol. The Morgan fingerprint density at radius 2 is 2.17 bits per heavy atom. The predicted molar refractivity (Wildman–Crippen MR) is 75.1 cm³/mol. The zero-order valence-electron chi connectivity index (χ0n) is 11.7. The van der Waals surface area contributed by atoms with Crippen LogP contribution in [0.5, 0.6) is 5.75 Å². The summed E-state index contributed by atoms with van der Waals surface area (Å²) in [5, 5.41) is 3.32. The minimum absolute atomic E-state index is 0.832. The van der Waals surface area contributed by atoms with E-state index in [1.54, 1.807) is 7.11 Å². The van der Waals surface area contributed by atoms with Crippen molar-refractivity contribution in [2.75, 3.05) is 33.8 Å². The van der Waals surface area contributed by atoms with Crippen molar-refractivity contribution in [1.29, 1.82) is 0 Å². The highest BCUT2D eigenvalue weighted by Gasteiger charge is 2.18. The van der Waals surface area contributed by atoms with Gasteiger partial charge in [-0.15, -0.1) is 0 Å². The Bertz CT molecular complexity index is 388. The highest BCUT2D eigenvalue weighted by molar-refractivity contribution is 5.37. The third-order valence-corrected chi connectivity index (χ3v) is 3.61. The Labute approximate surface area is 110 Å². The second-order valence-electron chi connectivity index (χ2n) is 5.22. The number of hydrogen-bond donors (Lipinski definition) is 1. The summed E-state index contributed by atoms with van der Waals surface area (Å²) < 4.78 is 5.37. The van der Waals surface area contributed by atoms with Crippen LogP contribution >= 0.6 is 0 Å². The summed E-state index contributed by atoms with van der Waals surface area (Å²) in [6.07, 6.45) is 1.02. The Hall–Kier alpha value is -1.06. The molecule has 1 fully saturated rings. The monoisotopic (exact) mass is 248 g/mol. The lowest BCUT2D eigenvalue weighted by Crippen LogP contribution is -2.47. The number of hydrogen-bond acceptors (Lipinski definition) is 3. The molecule has 100 valence electrons. The maximum absolute atomic E-state index is 5.37. The van der Waals surface area contributed by atoms with Gasteiger partial charge in [0.1, 0.15) is 5.75 Å². The fourth-order valence-corrected chi connectivity index (χ4v) is 2.50. The normalized spacial score (nSPS) is 15.8. The fraction of sp³-hybridized carbons (Fsp3) is 0.600. The van der Waals surface area contributed by atoms with Gasteiger partial charge in [-0.1, -0.05) is 19.1 Å². The van der Waals surface area contributed by atoms with E-state index in [0.29, 0.717) is 0 Å². The molecule has 0 saturated carbocycles. The molecule has 0 amide bonds. The average molecular weight is 248 g/mol. The minimum atomic E-state index is 0.832. The van der Waals surface area contributed by atoms with Gasteiger partial charge in [0.05, 0.1) is 7.11 Å². The number of aryl methyl sites for hydroxylation is 1. The molecule has 2 rings (SSSR count). The van der Waals surface area contributed by atoms with Gasteiger partial charge in [-0.05, 0) is 36.6 Å². The first-order valence-corrected chi connectivity index (χ1v) is 6.78. The van der Waals surface area contributed by atoms with Gasteiger partial charge in [0, 0.05) is 26.2 Å². The van der Waals surface area contributed by atoms with Crippen LogP contribution in [0.1, 0.15) is 18.1 Å². The van der Waals surface area contributed by atoms with E-state index in [4.69, 9.17) is 4.74 Å². The lowest BCUT2D eigenvalue weighted by molar-refractivity contribution is 0.218. The molecule has 3 heteroatoms. The van der Waals surface area contributed by atoms with Crippen LogP contribution in [0.2, 0.25) is 0 Å². The van der Waals surface area contributed by atoms with E-state index in [1.807, 2.05) is 0 Å². The number of nitrogens with one attached hydrogen (secondary N) is 1. The second kappa shape index (κ2) is 6.21. The van der Waals surface area contributed by atoms with E-state index in [-0.39, 0.29) is 0 Å². The molecular formula is C15H24N2O. The molecule has 1 saturated heterocycles. The number of benzene rings is 1. The fourth-order valence-electron chi connectivity index (χ4n) is 2.50. The zero-order valence-corrected chi connectivity index (χ0v) is 11.7. The van der Waals surface area contributed by atoms with Crippen LogP contribution in [-0.4, -0.2) is 38.7 Å². The van der Waals surface area contributed by atoms with Crippen molar-refractivity contribution in [2.45, 2.75) is 19.9 Å². The van der Waals surface area contributed by atoms with E-state index in [2.05, 4.69) is 42.4 Å². The summed E-state index contributed by atoms with van der Waals surface area (Å²) in [7, 11) is 3.94. The third kappa shape index (κ3) is 3.24. The van der Waals surface area contributed by atoms with Crippen molar-refractivity contribution in [2.24, 2.45) is 5.92 Å². The molecule has 0 aromatic heterocycles. The van der Waals surface area contributed by atoms with Gasteiger partial charge >= 0.3 is 0 Å². The highest BCUT2D eigenvalue weighted by atomic mass is 16.5. The van der Waals surface area contributed by atoms with Gasteiger partial charge < -0.3 is 15.0 Å². The first kappa shape index (κ1) is 13.4. The van der Waals surface area contributed by atoms with Crippen LogP contribution < -0.4 is 10.1 Å². The van der Waals surface area contributed by atoms with E-state index in [1.165, 1.54) is 30.8 Å². The van der Waals surface area contributed by atoms with Crippen molar-refractivity contribution >= 4 is 0 Å². The molecule has 0 aliphatic carbocycles. The highest BCUT2D eigenvalue weighted by Crippen LogP contribution is 2.21. The number of nitrogens with zero attached hydrogens (tertiary/aromatic N) is 1. The predicted octanol–water partition coefficient (Wildman–Crippen LogP) is 1.91. The number of ether oxygens (including phenoxy) is 1. The van der Waals surface area contributed by atoms with E-state index in [9.17, 15) is 0 Å². The largest absolute Gasteiger partial charge is 0.496 e. The summed E-state index contributed by atoms with van der Waals surface area (Å²) in [4.78, 5) is 2.41. The molecule has 1 heterocycles. The molecule has 1 aromatic rings. The van der Waals surface area contributed by atoms with Crippen molar-refractivity contribution in [3.8, 4) is 5.75 Å². The SMILES string of the molecule is CCc1cc(CN(C)CC2CNC2)ccc1OC. The molecule has 0 bridgehead atoms. The Kier molecular flexibility index (Phi) is 4.61. The van der Waals surface area contributed by atoms with Crippen LogP contribution in [0.3, 0.4) is 0 Å². The van der Waals surface area contributed by atoms with E-state index in [0.717, 1.165) is 24.6 Å². The number of rotatable bonds is 6. The molecule has 0 spiro atoms. The third-order valence-electron chi connectivity index (χ3n) is 3.61. The minimum Gasteiger partial charge on any atom is -0.496 e. The molecule has 3 nitrogen and oxygen atoms in total. The standard InChI is InChI=1S/C15H24N2O/c1-4-14-7-12(5-6-15(14)18-3)10-17(2)11-13-8-16-9-13/h5-7,13,16H,4,8-11H2,1-3H3. The molecule has 0 unspecified atom stereocenters. The Morgan fingerprint density at radius 1 is 1.39 bits per heavy atom. The lowest BCUT2D eigenvalue weighted by Gasteiger charge is -2.31. The van der Waals surface area contributed by atoms with Gasteiger partial charge in [0.2, 0.25) is 0 Å². The summed E-state index contributed by atoms with van der Waals surface area (Å²) in [5.41, 5.74) is 2.68. The van der Waals surface area contributed by atoms with Gasteiger partial charge in [-0.2, -0.15) is 0 Å². The van der Waals surface area contributed by atoms with Crippen LogP contribution in [0, 0.1) is 5.92 Å². The van der Waals surface area contributed by atoms with Gasteiger partial charge in [-0.25, -0.2) is 0 Å². The molecule has 0 atom stereocenters. The van der Waals surface area contributed by atoms with Crippen LogP contribution in [-0.2, 0) is 13.0 Å². The van der Waals surface area contributed by atoms with Crippen LogP contribution in [0.4, 0.5) is 0 Å². The van der Waals surface area contributed by atoms with E-state index >= 15 is 0 Å². The molecule has 1 aromatic carbocycles. The van der Waals surface area contributed by atoms with Crippen molar-refractivity contribution in [3.05, 3.63) is 29.3 Å². The van der Waals surface area contributed by atoms with Crippen LogP contribution in [0.15, 0.2) is 18.2 Å². The molecule has 18 heavy (non-hydrogen) atoms. The summed E-state index contributed by atoms with van der Waals surface area (Å²) in [5.74, 6) is 1.84. The van der Waals surface area contributed by atoms with Gasteiger partial charge in [-0.3, -0.25) is 0 Å². The number of methoxy groups -OCH3 is 1. The summed E-state index contributed by atoms with van der Waals surface area (Å²) in [6, 6.07) is 6.54. The first-order chi connectivity index (χ1) is 8.72. The van der Waals surface area contributed by atoms with Crippen LogP contribution in [0.25, 0.3) is 0 Å². The van der Waals surface area contributed by atoms with Crippen molar-refractivity contribution in [3.63, 3.8) is 0 Å². The maximum atomic E-state index is 5.37. The maximum Gasteiger partial charge on any atom is 0.122 e. The molecule has 0 radical (unpaired) electrons. The van der Waals surface area contributed by atoms with Crippen molar-refractivity contribution in [1.82, 2.24) is 10.2 Å².